The third kappa shape index (κ3) is 4.44. The maximum Gasteiger partial charge on any atom is 0.360 e. The largest absolute Gasteiger partial charge is 0.494 e. The molecule has 0 saturated carbocycles. The molecule has 30 heavy (non-hydrogen) atoms. The van der Waals surface area contributed by atoms with Gasteiger partial charge in [-0.1, -0.05) is 30.3 Å². The fourth-order valence-electron chi connectivity index (χ4n) is 3.57. The molecule has 2 heterocycles. The van der Waals surface area contributed by atoms with E-state index < -0.39 is 5.97 Å². The molecule has 8 nitrogen and oxygen atoms in total. The average Bonchev–Trinajstić information content (AvgIpc) is 3.22. The van der Waals surface area contributed by atoms with Crippen molar-refractivity contribution in [3.05, 3.63) is 65.9 Å². The van der Waals surface area contributed by atoms with Crippen LogP contribution in [0, 0.1) is 0 Å². The molecular weight excluding hydrogens is 382 g/mol. The molecule has 4 rings (SSSR count). The van der Waals surface area contributed by atoms with Gasteiger partial charge in [-0.25, -0.2) is 4.79 Å². The second-order valence-electron chi connectivity index (χ2n) is 7.14. The van der Waals surface area contributed by atoms with Gasteiger partial charge in [-0.2, -0.15) is 0 Å². The van der Waals surface area contributed by atoms with Crippen LogP contribution in [-0.4, -0.2) is 63.8 Å². The van der Waals surface area contributed by atoms with Crippen LogP contribution in [0.15, 0.2) is 54.6 Å². The van der Waals surface area contributed by atoms with Gasteiger partial charge < -0.3 is 14.7 Å². The van der Waals surface area contributed by atoms with Crippen LogP contribution in [0.5, 0.6) is 5.75 Å². The minimum Gasteiger partial charge on any atom is -0.494 e. The van der Waals surface area contributed by atoms with Gasteiger partial charge >= 0.3 is 5.97 Å². The number of carboxylic acids is 1. The summed E-state index contributed by atoms with van der Waals surface area (Å²) in [6, 6.07) is 17.6. The van der Waals surface area contributed by atoms with Crippen molar-refractivity contribution >= 4 is 11.8 Å². The number of anilines is 1. The minimum atomic E-state index is -1.08. The molecule has 0 amide bonds. The summed E-state index contributed by atoms with van der Waals surface area (Å²) in [5.74, 6) is 0.0891. The third-order valence-electron chi connectivity index (χ3n) is 5.10. The number of carboxylic acid groups (broad SMARTS) is 1. The Morgan fingerprint density at radius 1 is 1.00 bits per heavy atom. The lowest BCUT2D eigenvalue weighted by molar-refractivity contribution is 0.0690. The van der Waals surface area contributed by atoms with Gasteiger partial charge in [-0.05, 0) is 36.8 Å². The Balaban J connectivity index is 1.48. The molecule has 1 aromatic heterocycles. The van der Waals surface area contributed by atoms with Crippen LogP contribution in [0.2, 0.25) is 0 Å². The lowest BCUT2D eigenvalue weighted by Gasteiger charge is -2.34. The van der Waals surface area contributed by atoms with Gasteiger partial charge in [0.05, 0.1) is 12.3 Å². The zero-order chi connectivity index (χ0) is 20.9. The molecule has 8 heteroatoms. The number of hydrogen-bond acceptors (Lipinski definition) is 6. The van der Waals surface area contributed by atoms with Gasteiger partial charge in [0, 0.05) is 32.7 Å². The van der Waals surface area contributed by atoms with Crippen molar-refractivity contribution in [1.82, 2.24) is 19.9 Å². The maximum atomic E-state index is 11.8. The number of rotatable bonds is 7. The van der Waals surface area contributed by atoms with Crippen LogP contribution < -0.4 is 9.64 Å². The zero-order valence-electron chi connectivity index (χ0n) is 16.9. The van der Waals surface area contributed by atoms with E-state index in [0.717, 1.165) is 25.4 Å². The van der Waals surface area contributed by atoms with Crippen molar-refractivity contribution < 1.29 is 14.6 Å². The van der Waals surface area contributed by atoms with E-state index >= 15 is 0 Å². The minimum absolute atomic E-state index is 0.0274. The van der Waals surface area contributed by atoms with Crippen LogP contribution >= 0.6 is 0 Å². The van der Waals surface area contributed by atoms with E-state index in [1.165, 1.54) is 10.4 Å². The monoisotopic (exact) mass is 407 g/mol. The normalized spacial score (nSPS) is 14.6. The highest BCUT2D eigenvalue weighted by Gasteiger charge is 2.26. The first-order valence-electron chi connectivity index (χ1n) is 10.1. The van der Waals surface area contributed by atoms with Gasteiger partial charge in [0.25, 0.3) is 0 Å². The first-order chi connectivity index (χ1) is 14.6. The molecule has 2 aromatic carbocycles. The Labute approximate surface area is 175 Å². The number of hydrogen-bond donors (Lipinski definition) is 1. The first kappa shape index (κ1) is 19.9. The smallest absolute Gasteiger partial charge is 0.360 e. The Kier molecular flexibility index (Phi) is 5.94. The van der Waals surface area contributed by atoms with Crippen LogP contribution in [-0.2, 0) is 6.54 Å². The average molecular weight is 407 g/mol. The van der Waals surface area contributed by atoms with Gasteiger partial charge in [-0.15, -0.1) is 15.0 Å². The topological polar surface area (TPSA) is 83.7 Å². The maximum absolute atomic E-state index is 11.8. The summed E-state index contributed by atoms with van der Waals surface area (Å²) in [5.41, 5.74) is 1.94. The van der Waals surface area contributed by atoms with Gasteiger partial charge in [-0.3, -0.25) is 4.90 Å². The van der Waals surface area contributed by atoms with Crippen LogP contribution in [0.25, 0.3) is 5.69 Å². The predicted molar refractivity (Wildman–Crippen MR) is 113 cm³/mol. The molecule has 1 aliphatic rings. The summed E-state index contributed by atoms with van der Waals surface area (Å²) in [5, 5.41) is 18.4. The van der Waals surface area contributed by atoms with Gasteiger partial charge in [0.15, 0.2) is 5.82 Å². The van der Waals surface area contributed by atoms with E-state index in [1.807, 2.05) is 54.3 Å². The second-order valence-corrected chi connectivity index (χ2v) is 7.14. The van der Waals surface area contributed by atoms with Crippen LogP contribution in [0.3, 0.4) is 0 Å². The highest BCUT2D eigenvalue weighted by Crippen LogP contribution is 2.22. The van der Waals surface area contributed by atoms with E-state index in [-0.39, 0.29) is 5.69 Å². The van der Waals surface area contributed by atoms with E-state index in [1.54, 1.807) is 0 Å². The quantitative estimate of drug-likeness (QED) is 0.645. The number of nitrogens with zero attached hydrogens (tertiary/aromatic N) is 5. The molecule has 3 aromatic rings. The van der Waals surface area contributed by atoms with Crippen molar-refractivity contribution in [1.29, 1.82) is 0 Å². The van der Waals surface area contributed by atoms with Crippen molar-refractivity contribution in [3.63, 3.8) is 0 Å². The van der Waals surface area contributed by atoms with Crippen LogP contribution in [0.1, 0.15) is 23.0 Å². The standard InChI is InChI=1S/C22H25N5O3/c1-2-30-19-10-8-18(9-11-19)27-23-20(22(28)29)21(24-27)26-14-12-25(13-15-26)16-17-6-4-3-5-7-17/h3-11H,2,12-16H2,1H3,(H,28,29). The Hall–Kier alpha value is -3.39. The first-order valence-corrected chi connectivity index (χ1v) is 10.1. The molecule has 156 valence electrons. The predicted octanol–water partition coefficient (Wildman–Crippen LogP) is 2.69. The lowest BCUT2D eigenvalue weighted by atomic mass is 10.2. The number of piperazine rings is 1. The summed E-state index contributed by atoms with van der Waals surface area (Å²) in [7, 11) is 0. The number of aromatic nitrogens is 3. The number of benzene rings is 2. The van der Waals surface area contributed by atoms with E-state index in [4.69, 9.17) is 4.74 Å². The summed E-state index contributed by atoms with van der Waals surface area (Å²) in [6.45, 7) is 6.48. The molecule has 1 N–H and O–H groups in total. The molecule has 1 aliphatic heterocycles. The molecule has 0 radical (unpaired) electrons. The number of aromatic carboxylic acids is 1. The fraction of sp³-hybridized carbons (Fsp3) is 0.318. The molecule has 0 unspecified atom stereocenters. The van der Waals surface area contributed by atoms with E-state index in [9.17, 15) is 9.90 Å². The van der Waals surface area contributed by atoms with Gasteiger partial charge in [0.1, 0.15) is 5.75 Å². The highest BCUT2D eigenvalue weighted by molar-refractivity contribution is 5.91. The molecule has 0 aliphatic carbocycles. The molecule has 1 fully saturated rings. The zero-order valence-corrected chi connectivity index (χ0v) is 16.9. The fourth-order valence-corrected chi connectivity index (χ4v) is 3.57. The summed E-state index contributed by atoms with van der Waals surface area (Å²) in [4.78, 5) is 17.5. The van der Waals surface area contributed by atoms with Crippen molar-refractivity contribution in [3.8, 4) is 11.4 Å². The molecule has 0 atom stereocenters. The molecule has 0 spiro atoms. The third-order valence-corrected chi connectivity index (χ3v) is 5.10. The Morgan fingerprint density at radius 2 is 1.70 bits per heavy atom. The SMILES string of the molecule is CCOc1ccc(-n2nc(C(=O)O)c(N3CCN(Cc4ccccc4)CC3)n2)cc1. The molecular formula is C22H25N5O3. The molecule has 0 bridgehead atoms. The summed E-state index contributed by atoms with van der Waals surface area (Å²) >= 11 is 0. The number of ether oxygens (including phenoxy) is 1. The van der Waals surface area contributed by atoms with Crippen LogP contribution in [0.4, 0.5) is 5.82 Å². The lowest BCUT2D eigenvalue weighted by Crippen LogP contribution is -2.46. The summed E-state index contributed by atoms with van der Waals surface area (Å²) < 4.78 is 5.45. The van der Waals surface area contributed by atoms with Crippen molar-refractivity contribution in [2.45, 2.75) is 13.5 Å². The second kappa shape index (κ2) is 8.96. The van der Waals surface area contributed by atoms with E-state index in [0.29, 0.717) is 31.2 Å². The highest BCUT2D eigenvalue weighted by atomic mass is 16.5. The van der Waals surface area contributed by atoms with Crippen molar-refractivity contribution in [2.75, 3.05) is 37.7 Å². The summed E-state index contributed by atoms with van der Waals surface area (Å²) in [6.07, 6.45) is 0. The Morgan fingerprint density at radius 3 is 2.33 bits per heavy atom. The van der Waals surface area contributed by atoms with Crippen molar-refractivity contribution in [2.24, 2.45) is 0 Å². The Bertz CT molecular complexity index is 980. The molecule has 1 saturated heterocycles. The number of carbonyl (C=O) groups is 1. The van der Waals surface area contributed by atoms with Gasteiger partial charge in [0.2, 0.25) is 5.69 Å². The van der Waals surface area contributed by atoms with E-state index in [2.05, 4.69) is 27.2 Å².